The van der Waals surface area contributed by atoms with Crippen LogP contribution in [0.3, 0.4) is 0 Å². The van der Waals surface area contributed by atoms with Gasteiger partial charge in [0.1, 0.15) is 6.54 Å². The second-order valence-electron chi connectivity index (χ2n) is 7.09. The molecule has 0 bridgehead atoms. The molecule has 1 saturated heterocycles. The summed E-state index contributed by atoms with van der Waals surface area (Å²) in [6.45, 7) is 2.95. The Labute approximate surface area is 159 Å². The molecule has 9 heteroatoms. The van der Waals surface area contributed by atoms with Gasteiger partial charge in [0, 0.05) is 52.4 Å². The lowest BCUT2D eigenvalue weighted by Gasteiger charge is -2.35. The van der Waals surface area contributed by atoms with E-state index in [2.05, 4.69) is 20.7 Å². The molecule has 1 aromatic rings. The van der Waals surface area contributed by atoms with Crippen molar-refractivity contribution in [1.29, 1.82) is 0 Å². The van der Waals surface area contributed by atoms with E-state index >= 15 is 0 Å². The van der Waals surface area contributed by atoms with Gasteiger partial charge in [0.05, 0.1) is 11.9 Å². The van der Waals surface area contributed by atoms with Crippen LogP contribution in [-0.2, 0) is 16.6 Å². The Morgan fingerprint density at radius 2 is 2.07 bits per heavy atom. The standard InChI is InChI=1S/C18H29N7O2/c1-19-18(21-8-4-7-20-17(27)14-5-3-6-14)24-9-10-25(16(26)13-24)15-11-22-23(2)12-15/h11-12,14H,3-10,13H2,1-2H3,(H,19,21)(H,20,27). The van der Waals surface area contributed by atoms with Gasteiger partial charge in [0.15, 0.2) is 5.96 Å². The second-order valence-corrected chi connectivity index (χ2v) is 7.09. The first kappa shape index (κ1) is 19.2. The van der Waals surface area contributed by atoms with Crippen LogP contribution in [0.25, 0.3) is 0 Å². The van der Waals surface area contributed by atoms with Crippen molar-refractivity contribution >= 4 is 23.5 Å². The third-order valence-corrected chi connectivity index (χ3v) is 5.15. The minimum Gasteiger partial charge on any atom is -0.356 e. The molecule has 27 heavy (non-hydrogen) atoms. The number of rotatable bonds is 6. The second kappa shape index (κ2) is 8.88. The molecule has 1 saturated carbocycles. The van der Waals surface area contributed by atoms with Crippen molar-refractivity contribution in [2.24, 2.45) is 18.0 Å². The topological polar surface area (TPSA) is 94.9 Å². The van der Waals surface area contributed by atoms with Gasteiger partial charge in [-0.2, -0.15) is 5.10 Å². The molecular weight excluding hydrogens is 346 g/mol. The fraction of sp³-hybridized carbons (Fsp3) is 0.667. The summed E-state index contributed by atoms with van der Waals surface area (Å²) in [6.07, 6.45) is 7.59. The average Bonchev–Trinajstić information content (AvgIpc) is 3.02. The van der Waals surface area contributed by atoms with Crippen LogP contribution in [0.1, 0.15) is 25.7 Å². The third-order valence-electron chi connectivity index (χ3n) is 5.15. The molecule has 0 unspecified atom stereocenters. The van der Waals surface area contributed by atoms with Gasteiger partial charge in [-0.3, -0.25) is 19.3 Å². The number of carbonyl (C=O) groups is 2. The maximum atomic E-state index is 12.5. The predicted octanol–water partition coefficient (Wildman–Crippen LogP) is -0.0495. The van der Waals surface area contributed by atoms with Crippen molar-refractivity contribution in [3.63, 3.8) is 0 Å². The van der Waals surface area contributed by atoms with Crippen molar-refractivity contribution in [2.45, 2.75) is 25.7 Å². The number of piperazine rings is 1. The number of aliphatic imine (C=N–C) groups is 1. The Hall–Kier alpha value is -2.58. The highest BCUT2D eigenvalue weighted by molar-refractivity contribution is 5.98. The highest BCUT2D eigenvalue weighted by atomic mass is 16.2. The quantitative estimate of drug-likeness (QED) is 0.413. The Morgan fingerprint density at radius 3 is 2.67 bits per heavy atom. The van der Waals surface area contributed by atoms with Crippen molar-refractivity contribution in [2.75, 3.05) is 44.7 Å². The number of aryl methyl sites for hydroxylation is 1. The summed E-state index contributed by atoms with van der Waals surface area (Å²) in [7, 11) is 3.56. The van der Waals surface area contributed by atoms with Crippen LogP contribution in [0, 0.1) is 5.92 Å². The molecule has 1 aliphatic carbocycles. The number of amides is 2. The van der Waals surface area contributed by atoms with E-state index in [9.17, 15) is 9.59 Å². The summed E-state index contributed by atoms with van der Waals surface area (Å²) in [5.41, 5.74) is 0.826. The van der Waals surface area contributed by atoms with Gasteiger partial charge in [0.2, 0.25) is 11.8 Å². The molecule has 2 amide bonds. The Balaban J connectivity index is 1.39. The van der Waals surface area contributed by atoms with Gasteiger partial charge < -0.3 is 20.4 Å². The molecule has 0 aromatic carbocycles. The van der Waals surface area contributed by atoms with Crippen molar-refractivity contribution in [3.8, 4) is 0 Å². The maximum absolute atomic E-state index is 12.5. The predicted molar refractivity (Wildman–Crippen MR) is 103 cm³/mol. The van der Waals surface area contributed by atoms with Gasteiger partial charge in [-0.15, -0.1) is 0 Å². The Bertz CT molecular complexity index is 696. The number of anilines is 1. The van der Waals surface area contributed by atoms with Gasteiger partial charge in [-0.25, -0.2) is 0 Å². The Morgan fingerprint density at radius 1 is 1.30 bits per heavy atom. The van der Waals surface area contributed by atoms with E-state index in [1.54, 1.807) is 22.8 Å². The lowest BCUT2D eigenvalue weighted by molar-refractivity contribution is -0.127. The SMILES string of the molecule is CN=C(NCCCNC(=O)C1CCC1)N1CCN(c2cnn(C)c2)C(=O)C1. The van der Waals surface area contributed by atoms with E-state index in [4.69, 9.17) is 0 Å². The molecule has 1 aromatic heterocycles. The minimum absolute atomic E-state index is 0.0324. The van der Waals surface area contributed by atoms with Gasteiger partial charge in [-0.05, 0) is 19.3 Å². The molecule has 0 spiro atoms. The number of hydrogen-bond acceptors (Lipinski definition) is 4. The first-order valence-electron chi connectivity index (χ1n) is 9.61. The molecule has 3 rings (SSSR count). The number of hydrogen-bond donors (Lipinski definition) is 2. The summed E-state index contributed by atoms with van der Waals surface area (Å²) in [6, 6.07) is 0. The van der Waals surface area contributed by atoms with Gasteiger partial charge >= 0.3 is 0 Å². The molecule has 2 fully saturated rings. The number of carbonyl (C=O) groups excluding carboxylic acids is 2. The summed E-state index contributed by atoms with van der Waals surface area (Å²) in [4.78, 5) is 32.3. The lowest BCUT2D eigenvalue weighted by atomic mass is 9.85. The van der Waals surface area contributed by atoms with Crippen LogP contribution in [0.5, 0.6) is 0 Å². The summed E-state index contributed by atoms with van der Waals surface area (Å²) < 4.78 is 1.69. The molecule has 0 atom stereocenters. The first-order chi connectivity index (χ1) is 13.1. The van der Waals surface area contributed by atoms with E-state index in [0.717, 1.165) is 30.9 Å². The van der Waals surface area contributed by atoms with Crippen LogP contribution in [0.15, 0.2) is 17.4 Å². The number of nitrogens with one attached hydrogen (secondary N) is 2. The van der Waals surface area contributed by atoms with E-state index in [0.29, 0.717) is 26.2 Å². The van der Waals surface area contributed by atoms with Crippen molar-refractivity contribution in [1.82, 2.24) is 25.3 Å². The number of guanidine groups is 1. The fourth-order valence-electron chi connectivity index (χ4n) is 3.32. The molecule has 9 nitrogen and oxygen atoms in total. The summed E-state index contributed by atoms with van der Waals surface area (Å²) in [5.74, 6) is 1.17. The maximum Gasteiger partial charge on any atom is 0.246 e. The van der Waals surface area contributed by atoms with Crippen LogP contribution >= 0.6 is 0 Å². The zero-order valence-corrected chi connectivity index (χ0v) is 16.1. The Kier molecular flexibility index (Phi) is 6.31. The molecule has 2 heterocycles. The average molecular weight is 375 g/mol. The highest BCUT2D eigenvalue weighted by Crippen LogP contribution is 2.26. The van der Waals surface area contributed by atoms with Gasteiger partial charge in [-0.1, -0.05) is 6.42 Å². The van der Waals surface area contributed by atoms with Crippen molar-refractivity contribution < 1.29 is 9.59 Å². The van der Waals surface area contributed by atoms with Crippen LogP contribution in [-0.4, -0.2) is 72.2 Å². The number of aromatic nitrogens is 2. The summed E-state index contributed by atoms with van der Waals surface area (Å²) in [5, 5.41) is 10.4. The molecule has 0 radical (unpaired) electrons. The molecular formula is C18H29N7O2. The lowest BCUT2D eigenvalue weighted by Crippen LogP contribution is -2.55. The third kappa shape index (κ3) is 4.78. The van der Waals surface area contributed by atoms with Gasteiger partial charge in [0.25, 0.3) is 0 Å². The van der Waals surface area contributed by atoms with E-state index < -0.39 is 0 Å². The monoisotopic (exact) mass is 375 g/mol. The van der Waals surface area contributed by atoms with E-state index in [-0.39, 0.29) is 24.3 Å². The molecule has 1 aliphatic heterocycles. The highest BCUT2D eigenvalue weighted by Gasteiger charge is 2.27. The van der Waals surface area contributed by atoms with Crippen molar-refractivity contribution in [3.05, 3.63) is 12.4 Å². The fourth-order valence-corrected chi connectivity index (χ4v) is 3.32. The minimum atomic E-state index is 0.0324. The molecule has 2 N–H and O–H groups in total. The molecule has 2 aliphatic rings. The largest absolute Gasteiger partial charge is 0.356 e. The zero-order valence-electron chi connectivity index (χ0n) is 16.1. The number of nitrogens with zero attached hydrogens (tertiary/aromatic N) is 5. The first-order valence-corrected chi connectivity index (χ1v) is 9.61. The smallest absolute Gasteiger partial charge is 0.246 e. The zero-order chi connectivity index (χ0) is 19.2. The van der Waals surface area contributed by atoms with Crippen LogP contribution in [0.4, 0.5) is 5.69 Å². The summed E-state index contributed by atoms with van der Waals surface area (Å²) >= 11 is 0. The van der Waals surface area contributed by atoms with E-state index in [1.165, 1.54) is 6.42 Å². The van der Waals surface area contributed by atoms with Crippen LogP contribution < -0.4 is 15.5 Å². The van der Waals surface area contributed by atoms with E-state index in [1.807, 2.05) is 18.1 Å². The van der Waals surface area contributed by atoms with Crippen LogP contribution in [0.2, 0.25) is 0 Å². The normalized spacial score (nSPS) is 18.4. The molecule has 148 valence electrons.